The first kappa shape index (κ1) is 16.0. The predicted octanol–water partition coefficient (Wildman–Crippen LogP) is 2.55. The summed E-state index contributed by atoms with van der Waals surface area (Å²) in [5.41, 5.74) is 2.26. The van der Waals surface area contributed by atoms with Gasteiger partial charge in [-0.05, 0) is 24.7 Å². The third-order valence-electron chi connectivity index (χ3n) is 3.14. The van der Waals surface area contributed by atoms with Crippen LogP contribution >= 0.6 is 12.2 Å². The van der Waals surface area contributed by atoms with E-state index in [-0.39, 0.29) is 18.6 Å². The molecule has 0 saturated heterocycles. The molecule has 1 atom stereocenters. The van der Waals surface area contributed by atoms with Crippen molar-refractivity contribution in [2.45, 2.75) is 13.0 Å². The molecule has 0 aliphatic carbocycles. The van der Waals surface area contributed by atoms with E-state index in [4.69, 9.17) is 17.0 Å². The Kier molecular flexibility index (Phi) is 5.49. The molecule has 0 amide bonds. The molecular weight excluding hydrogens is 296 g/mol. The Morgan fingerprint density at radius 2 is 2.14 bits per heavy atom. The quantitative estimate of drug-likeness (QED) is 0.497. The largest absolute Gasteiger partial charge is 0.458 e. The molecule has 4 nitrogen and oxygen atoms in total. The van der Waals surface area contributed by atoms with Crippen LogP contribution in [0.5, 0.6) is 0 Å². The van der Waals surface area contributed by atoms with E-state index >= 15 is 0 Å². The maximum Gasteiger partial charge on any atom is 0.338 e. The standard InChI is InChI=1S/C17H18N2O2S/c1-3-11-21-16(20)15-12(2)18-17(22)19-14(15)10-9-13-7-5-4-6-8-13/h3-10,14H,1,11H2,2H3,(H2,18,19,22)/b10-9+/t14-/m1/s1. The number of nitrogens with one attached hydrogen (secondary N) is 2. The van der Waals surface area contributed by atoms with E-state index in [2.05, 4.69) is 17.2 Å². The SMILES string of the molecule is C=CCOC(=O)C1=C(C)NC(=S)N[C@@H]1/C=C/c1ccccc1. The molecule has 5 heteroatoms. The van der Waals surface area contributed by atoms with Gasteiger partial charge in [-0.3, -0.25) is 0 Å². The van der Waals surface area contributed by atoms with E-state index < -0.39 is 0 Å². The Morgan fingerprint density at radius 3 is 2.82 bits per heavy atom. The number of hydrogen-bond donors (Lipinski definition) is 2. The molecule has 0 aromatic heterocycles. The van der Waals surface area contributed by atoms with Crippen LogP contribution in [0.2, 0.25) is 0 Å². The van der Waals surface area contributed by atoms with Crippen molar-refractivity contribution < 1.29 is 9.53 Å². The van der Waals surface area contributed by atoms with E-state index in [1.54, 1.807) is 6.92 Å². The number of hydrogen-bond acceptors (Lipinski definition) is 3. The molecule has 0 saturated carbocycles. The van der Waals surface area contributed by atoms with Crippen LogP contribution in [0.3, 0.4) is 0 Å². The lowest BCUT2D eigenvalue weighted by molar-refractivity contribution is -0.138. The summed E-state index contributed by atoms with van der Waals surface area (Å²) in [4.78, 5) is 12.2. The van der Waals surface area contributed by atoms with E-state index in [1.165, 1.54) is 6.08 Å². The summed E-state index contributed by atoms with van der Waals surface area (Å²) in [6.45, 7) is 5.53. The van der Waals surface area contributed by atoms with Crippen LogP contribution in [-0.4, -0.2) is 23.7 Å². The van der Waals surface area contributed by atoms with Crippen LogP contribution in [0.4, 0.5) is 0 Å². The van der Waals surface area contributed by atoms with E-state index in [9.17, 15) is 4.79 Å². The van der Waals surface area contributed by atoms with Crippen LogP contribution < -0.4 is 10.6 Å². The number of benzene rings is 1. The Bertz CT molecular complexity index is 635. The monoisotopic (exact) mass is 314 g/mol. The van der Waals surface area contributed by atoms with Crippen molar-refractivity contribution in [3.05, 3.63) is 65.9 Å². The molecule has 0 spiro atoms. The van der Waals surface area contributed by atoms with Gasteiger partial charge in [0, 0.05) is 5.70 Å². The van der Waals surface area contributed by atoms with Gasteiger partial charge in [0.15, 0.2) is 5.11 Å². The van der Waals surface area contributed by atoms with Gasteiger partial charge in [-0.1, -0.05) is 55.1 Å². The molecule has 1 aliphatic heterocycles. The van der Waals surface area contributed by atoms with E-state index in [0.29, 0.717) is 16.4 Å². The Balaban J connectivity index is 2.24. The number of ether oxygens (including phenoxy) is 1. The van der Waals surface area contributed by atoms with Gasteiger partial charge in [-0.15, -0.1) is 0 Å². The highest BCUT2D eigenvalue weighted by molar-refractivity contribution is 7.80. The van der Waals surface area contributed by atoms with Crippen molar-refractivity contribution >= 4 is 29.4 Å². The van der Waals surface area contributed by atoms with Gasteiger partial charge in [0.1, 0.15) is 6.61 Å². The molecule has 22 heavy (non-hydrogen) atoms. The first-order valence-corrected chi connectivity index (χ1v) is 7.32. The number of thiocarbonyl (C=S) groups is 1. The van der Waals surface area contributed by atoms with Crippen LogP contribution in [0, 0.1) is 0 Å². The van der Waals surface area contributed by atoms with Crippen LogP contribution in [0.15, 0.2) is 60.3 Å². The Hall–Kier alpha value is -2.40. The highest BCUT2D eigenvalue weighted by Gasteiger charge is 2.27. The summed E-state index contributed by atoms with van der Waals surface area (Å²) in [5.74, 6) is -0.386. The lowest BCUT2D eigenvalue weighted by Crippen LogP contribution is -2.48. The van der Waals surface area contributed by atoms with Crippen molar-refractivity contribution in [1.29, 1.82) is 0 Å². The fourth-order valence-corrected chi connectivity index (χ4v) is 2.41. The van der Waals surface area contributed by atoms with E-state index in [1.807, 2.05) is 42.5 Å². The molecule has 1 heterocycles. The van der Waals surface area contributed by atoms with Crippen molar-refractivity contribution in [2.24, 2.45) is 0 Å². The zero-order valence-electron chi connectivity index (χ0n) is 12.3. The number of allylic oxidation sites excluding steroid dienone is 1. The minimum Gasteiger partial charge on any atom is -0.458 e. The molecule has 0 bridgehead atoms. The number of esters is 1. The van der Waals surface area contributed by atoms with E-state index in [0.717, 1.165) is 5.56 Å². The molecule has 0 unspecified atom stereocenters. The van der Waals surface area contributed by atoms with Gasteiger partial charge in [0.2, 0.25) is 0 Å². The van der Waals surface area contributed by atoms with Gasteiger partial charge in [-0.2, -0.15) is 0 Å². The second-order valence-electron chi connectivity index (χ2n) is 4.77. The summed E-state index contributed by atoms with van der Waals surface area (Å²) in [5, 5.41) is 6.51. The van der Waals surface area contributed by atoms with Crippen molar-refractivity contribution in [2.75, 3.05) is 6.61 Å². The van der Waals surface area contributed by atoms with Crippen molar-refractivity contribution in [1.82, 2.24) is 10.6 Å². The number of rotatable bonds is 5. The number of carbonyl (C=O) groups excluding carboxylic acids is 1. The van der Waals surface area contributed by atoms with Gasteiger partial charge in [0.25, 0.3) is 0 Å². The molecule has 1 aromatic carbocycles. The fraction of sp³-hybridized carbons (Fsp3) is 0.176. The molecule has 0 radical (unpaired) electrons. The average Bonchev–Trinajstić information content (AvgIpc) is 2.51. The fourth-order valence-electron chi connectivity index (χ4n) is 2.13. The molecule has 2 rings (SSSR count). The predicted molar refractivity (Wildman–Crippen MR) is 92.0 cm³/mol. The first-order valence-electron chi connectivity index (χ1n) is 6.91. The second kappa shape index (κ2) is 7.56. The molecule has 0 fully saturated rings. The molecular formula is C17H18N2O2S. The Morgan fingerprint density at radius 1 is 1.41 bits per heavy atom. The van der Waals surface area contributed by atoms with Crippen molar-refractivity contribution in [3.8, 4) is 0 Å². The van der Waals surface area contributed by atoms with Crippen LogP contribution in [-0.2, 0) is 9.53 Å². The topological polar surface area (TPSA) is 50.4 Å². The minimum absolute atomic E-state index is 0.176. The van der Waals surface area contributed by atoms with Gasteiger partial charge >= 0.3 is 5.97 Å². The average molecular weight is 314 g/mol. The maximum atomic E-state index is 12.2. The first-order chi connectivity index (χ1) is 10.6. The summed E-state index contributed by atoms with van der Waals surface area (Å²) in [6.07, 6.45) is 5.38. The highest BCUT2D eigenvalue weighted by atomic mass is 32.1. The third kappa shape index (κ3) is 4.05. The molecule has 2 N–H and O–H groups in total. The molecule has 1 aliphatic rings. The molecule has 1 aromatic rings. The minimum atomic E-state index is -0.386. The summed E-state index contributed by atoms with van der Waals surface area (Å²) >= 11 is 5.16. The summed E-state index contributed by atoms with van der Waals surface area (Å²) in [6, 6.07) is 9.52. The molecule has 114 valence electrons. The van der Waals surface area contributed by atoms with Crippen LogP contribution in [0.25, 0.3) is 6.08 Å². The maximum absolute atomic E-state index is 12.2. The van der Waals surface area contributed by atoms with Crippen LogP contribution in [0.1, 0.15) is 12.5 Å². The lowest BCUT2D eigenvalue weighted by Gasteiger charge is -2.27. The normalized spacial score (nSPS) is 17.9. The smallest absolute Gasteiger partial charge is 0.338 e. The van der Waals surface area contributed by atoms with Gasteiger partial charge in [-0.25, -0.2) is 4.79 Å². The zero-order chi connectivity index (χ0) is 15.9. The zero-order valence-corrected chi connectivity index (χ0v) is 13.2. The highest BCUT2D eigenvalue weighted by Crippen LogP contribution is 2.16. The Labute approximate surface area is 135 Å². The lowest BCUT2D eigenvalue weighted by atomic mass is 10.0. The van der Waals surface area contributed by atoms with Crippen molar-refractivity contribution in [3.63, 3.8) is 0 Å². The third-order valence-corrected chi connectivity index (χ3v) is 3.36. The second-order valence-corrected chi connectivity index (χ2v) is 5.18. The van der Waals surface area contributed by atoms with Gasteiger partial charge in [0.05, 0.1) is 11.6 Å². The van der Waals surface area contributed by atoms with Gasteiger partial charge < -0.3 is 15.4 Å². The number of carbonyl (C=O) groups is 1. The summed E-state index contributed by atoms with van der Waals surface area (Å²) in [7, 11) is 0. The summed E-state index contributed by atoms with van der Waals surface area (Å²) < 4.78 is 5.15.